The molecule has 4 aromatic rings. The minimum atomic E-state index is -2.38. The molecule has 0 fully saturated rings. The fourth-order valence-corrected chi connectivity index (χ4v) is 4.57. The molecule has 1 N–H and O–H groups in total. The second-order valence-corrected chi connectivity index (χ2v) is 7.72. The molecule has 4 aromatic carbocycles. The number of fused-ring (bicyclic) bond motifs is 2. The van der Waals surface area contributed by atoms with E-state index in [-0.39, 0.29) is 18.6 Å². The molecule has 0 amide bonds. The molecule has 0 saturated heterocycles. The summed E-state index contributed by atoms with van der Waals surface area (Å²) in [5, 5.41) is 5.63. The van der Waals surface area contributed by atoms with E-state index in [4.69, 9.17) is 0 Å². The summed E-state index contributed by atoms with van der Waals surface area (Å²) in [6.07, 6.45) is 0. The maximum absolute atomic E-state index is 11.4. The zero-order valence-corrected chi connectivity index (χ0v) is 17.8. The Bertz CT molecular complexity index is 1150. The van der Waals surface area contributed by atoms with E-state index >= 15 is 0 Å². The largest absolute Gasteiger partial charge is 0.755 e. The molecular weight excluding hydrogens is 412 g/mol. The van der Waals surface area contributed by atoms with Crippen LogP contribution in [0.25, 0.3) is 32.7 Å². The minimum absolute atomic E-state index is 0. The van der Waals surface area contributed by atoms with Crippen LogP contribution in [0.5, 0.6) is 0 Å². The van der Waals surface area contributed by atoms with Crippen LogP contribution < -0.4 is 10.0 Å². The average Bonchev–Trinajstić information content (AvgIpc) is 2.67. The Morgan fingerprint density at radius 1 is 0.815 bits per heavy atom. The van der Waals surface area contributed by atoms with Gasteiger partial charge in [-0.05, 0) is 45.1 Å². The summed E-state index contributed by atoms with van der Waals surface area (Å²) >= 11 is -2.38. The summed E-state index contributed by atoms with van der Waals surface area (Å²) in [5.74, 6) is 0. The summed E-state index contributed by atoms with van der Waals surface area (Å²) in [7, 11) is 0.599. The standard InChI is InChI=1S/C21H18NO2PS.V/c1-25-19-13-11-15-7-3-5-9-17(15)21(19)20-16-8-4-2-6-14(16)10-12-18(20)22-26(23)24;/h2-13,22,25H,1H3,(H,23,24);/p-1. The number of rotatable bonds is 4. The van der Waals surface area contributed by atoms with Gasteiger partial charge in [-0.25, -0.2) is 0 Å². The quantitative estimate of drug-likeness (QED) is 0.374. The molecule has 0 spiro atoms. The molecule has 0 aliphatic rings. The van der Waals surface area contributed by atoms with Gasteiger partial charge in [-0.15, -0.1) is 0 Å². The third-order valence-electron chi connectivity index (χ3n) is 4.57. The molecule has 0 aliphatic heterocycles. The van der Waals surface area contributed by atoms with Crippen molar-refractivity contribution in [3.05, 3.63) is 72.8 Å². The van der Waals surface area contributed by atoms with E-state index in [0.717, 1.165) is 32.7 Å². The van der Waals surface area contributed by atoms with Gasteiger partial charge in [0.1, 0.15) is 0 Å². The van der Waals surface area contributed by atoms with Crippen LogP contribution >= 0.6 is 8.58 Å². The number of benzene rings is 4. The van der Waals surface area contributed by atoms with Gasteiger partial charge in [-0.1, -0.05) is 75.3 Å². The van der Waals surface area contributed by atoms with Crippen molar-refractivity contribution in [3.8, 4) is 11.1 Å². The van der Waals surface area contributed by atoms with Crippen LogP contribution in [0.1, 0.15) is 0 Å². The van der Waals surface area contributed by atoms with Crippen LogP contribution in [-0.4, -0.2) is 15.4 Å². The van der Waals surface area contributed by atoms with Crippen LogP contribution in [-0.2, 0) is 29.8 Å². The van der Waals surface area contributed by atoms with Gasteiger partial charge < -0.3 is 9.27 Å². The monoisotopic (exact) mass is 429 g/mol. The molecule has 2 atom stereocenters. The smallest absolute Gasteiger partial charge is 0.0537 e. The number of nitrogens with one attached hydrogen (secondary N) is 1. The molecule has 0 heterocycles. The molecule has 0 bridgehead atoms. The van der Waals surface area contributed by atoms with Gasteiger partial charge >= 0.3 is 0 Å². The number of hydrogen-bond acceptors (Lipinski definition) is 2. The Hall–Kier alpha value is -1.68. The summed E-state index contributed by atoms with van der Waals surface area (Å²) in [4.78, 5) is 0. The summed E-state index contributed by atoms with van der Waals surface area (Å²) in [6.45, 7) is 2.15. The van der Waals surface area contributed by atoms with Crippen molar-refractivity contribution < 1.29 is 27.3 Å². The van der Waals surface area contributed by atoms with Gasteiger partial charge in [0.15, 0.2) is 0 Å². The Balaban J connectivity index is 0.00000210. The van der Waals surface area contributed by atoms with Crippen LogP contribution in [0, 0.1) is 0 Å². The first kappa shape index (κ1) is 20.1. The number of anilines is 1. The topological polar surface area (TPSA) is 52.2 Å². The maximum atomic E-state index is 11.4. The van der Waals surface area contributed by atoms with Gasteiger partial charge in [0.05, 0.1) is 5.69 Å². The van der Waals surface area contributed by atoms with Gasteiger partial charge in [0, 0.05) is 35.4 Å². The van der Waals surface area contributed by atoms with E-state index in [9.17, 15) is 8.76 Å². The molecule has 27 heavy (non-hydrogen) atoms. The van der Waals surface area contributed by atoms with E-state index in [1.54, 1.807) is 0 Å². The molecule has 0 aromatic heterocycles. The Morgan fingerprint density at radius 2 is 1.37 bits per heavy atom. The number of hydrogen-bond donors (Lipinski definition) is 1. The van der Waals surface area contributed by atoms with Gasteiger partial charge in [-0.2, -0.15) is 0 Å². The minimum Gasteiger partial charge on any atom is -0.755 e. The van der Waals surface area contributed by atoms with Crippen LogP contribution in [0.3, 0.4) is 0 Å². The third-order valence-corrected chi connectivity index (χ3v) is 5.91. The second kappa shape index (κ2) is 8.56. The van der Waals surface area contributed by atoms with Crippen LogP contribution in [0.15, 0.2) is 72.8 Å². The fraction of sp³-hybridized carbons (Fsp3) is 0.0476. The summed E-state index contributed by atoms with van der Waals surface area (Å²) in [5.41, 5.74) is 2.65. The van der Waals surface area contributed by atoms with Crippen molar-refractivity contribution >= 4 is 52.4 Å². The van der Waals surface area contributed by atoms with Crippen LogP contribution in [0.2, 0.25) is 0 Å². The molecule has 3 nitrogen and oxygen atoms in total. The second-order valence-electron chi connectivity index (χ2n) is 6.01. The first-order valence-electron chi connectivity index (χ1n) is 8.26. The first-order chi connectivity index (χ1) is 12.7. The normalized spacial score (nSPS) is 12.4. The predicted molar refractivity (Wildman–Crippen MR) is 113 cm³/mol. The van der Waals surface area contributed by atoms with E-state index in [2.05, 4.69) is 41.7 Å². The Kier molecular flexibility index (Phi) is 6.36. The van der Waals surface area contributed by atoms with Crippen molar-refractivity contribution in [2.45, 2.75) is 0 Å². The molecule has 0 aliphatic carbocycles. The zero-order chi connectivity index (χ0) is 18.1. The molecule has 2 unspecified atom stereocenters. The van der Waals surface area contributed by atoms with Crippen molar-refractivity contribution in [3.63, 3.8) is 0 Å². The molecule has 135 valence electrons. The molecular formula is C21H17NO2PSV-. The summed E-state index contributed by atoms with van der Waals surface area (Å²) < 4.78 is 25.4. The van der Waals surface area contributed by atoms with Gasteiger partial charge in [0.2, 0.25) is 0 Å². The first-order valence-corrected chi connectivity index (χ1v) is 10.8. The van der Waals surface area contributed by atoms with E-state index in [1.165, 1.54) is 5.30 Å². The fourth-order valence-electron chi connectivity index (χ4n) is 3.46. The van der Waals surface area contributed by atoms with Crippen molar-refractivity contribution in [2.75, 3.05) is 11.4 Å². The predicted octanol–water partition coefficient (Wildman–Crippen LogP) is 4.80. The van der Waals surface area contributed by atoms with Gasteiger partial charge in [0.25, 0.3) is 0 Å². The molecule has 0 saturated carbocycles. The Morgan fingerprint density at radius 3 is 1.96 bits per heavy atom. The van der Waals surface area contributed by atoms with Crippen molar-refractivity contribution in [1.29, 1.82) is 0 Å². The average molecular weight is 429 g/mol. The van der Waals surface area contributed by atoms with E-state index in [0.29, 0.717) is 14.3 Å². The Labute approximate surface area is 174 Å². The van der Waals surface area contributed by atoms with Crippen LogP contribution in [0.4, 0.5) is 5.69 Å². The van der Waals surface area contributed by atoms with Gasteiger partial charge in [-0.3, -0.25) is 4.21 Å². The van der Waals surface area contributed by atoms with Crippen molar-refractivity contribution in [2.24, 2.45) is 0 Å². The van der Waals surface area contributed by atoms with E-state index in [1.807, 2.05) is 42.5 Å². The molecule has 6 heteroatoms. The maximum Gasteiger partial charge on any atom is 0.0537 e. The van der Waals surface area contributed by atoms with E-state index < -0.39 is 11.3 Å². The summed E-state index contributed by atoms with van der Waals surface area (Å²) in [6, 6.07) is 24.4. The zero-order valence-electron chi connectivity index (χ0n) is 14.6. The third kappa shape index (κ3) is 3.82. The SMILES string of the molecule is CPc1ccc2ccccc2c1-c1c(NS(=O)[O-])ccc2ccccc12.[V]. The molecule has 1 radical (unpaired) electrons. The van der Waals surface area contributed by atoms with Crippen molar-refractivity contribution in [1.82, 2.24) is 0 Å². The molecule has 4 rings (SSSR count).